The van der Waals surface area contributed by atoms with Gasteiger partial charge in [-0.3, -0.25) is 4.79 Å². The molecule has 0 aliphatic carbocycles. The van der Waals surface area contributed by atoms with Gasteiger partial charge < -0.3 is 4.79 Å². The number of ketones is 1. The van der Waals surface area contributed by atoms with E-state index in [9.17, 15) is 9.59 Å². The lowest BCUT2D eigenvalue weighted by Gasteiger charge is -2.12. The molecule has 82 valence electrons. The van der Waals surface area contributed by atoms with E-state index in [-0.39, 0.29) is 11.7 Å². The molecule has 0 unspecified atom stereocenters. The first-order chi connectivity index (χ1) is 6.98. The van der Waals surface area contributed by atoms with E-state index in [2.05, 4.69) is 4.98 Å². The van der Waals surface area contributed by atoms with Gasteiger partial charge in [0.1, 0.15) is 12.0 Å². The second-order valence-electron chi connectivity index (χ2n) is 3.38. The van der Waals surface area contributed by atoms with Gasteiger partial charge in [-0.2, -0.15) is 0 Å². The minimum atomic E-state index is -0.515. The van der Waals surface area contributed by atoms with Gasteiger partial charge in [0.25, 0.3) is 0 Å². The van der Waals surface area contributed by atoms with Crippen molar-refractivity contribution in [2.75, 3.05) is 5.88 Å². The maximum atomic E-state index is 11.2. The molecule has 1 heterocycles. The number of alkyl halides is 1. The predicted molar refractivity (Wildman–Crippen MR) is 63.2 cm³/mol. The lowest BCUT2D eigenvalue weighted by Crippen LogP contribution is -2.15. The van der Waals surface area contributed by atoms with Crippen LogP contribution in [0.3, 0.4) is 0 Å². The van der Waals surface area contributed by atoms with E-state index in [1.165, 1.54) is 23.1 Å². The van der Waals surface area contributed by atoms with E-state index >= 15 is 0 Å². The molecule has 0 aliphatic heterocycles. The lowest BCUT2D eigenvalue weighted by molar-refractivity contribution is -0.109. The molecule has 0 saturated heterocycles. The van der Waals surface area contributed by atoms with E-state index in [1.54, 1.807) is 19.2 Å². The molecule has 6 heteroatoms. The number of nitrogens with zero attached hydrogens (tertiary/aromatic N) is 1. The Kier molecular flexibility index (Phi) is 4.31. The smallest absolute Gasteiger partial charge is 0.196 e. The van der Waals surface area contributed by atoms with Crippen molar-refractivity contribution in [2.24, 2.45) is 0 Å². The largest absolute Gasteiger partial charge is 0.302 e. The van der Waals surface area contributed by atoms with Crippen LogP contribution >= 0.6 is 34.7 Å². The van der Waals surface area contributed by atoms with E-state index in [1.807, 2.05) is 0 Å². The predicted octanol–water partition coefficient (Wildman–Crippen LogP) is 2.63. The number of hydrogen-bond donors (Lipinski definition) is 0. The summed E-state index contributed by atoms with van der Waals surface area (Å²) in [7, 11) is 0. The quantitative estimate of drug-likeness (QED) is 0.355. The highest BCUT2D eigenvalue weighted by atomic mass is 35.5. The minimum absolute atomic E-state index is 0.0646. The summed E-state index contributed by atoms with van der Waals surface area (Å²) in [5.41, 5.74) is 0.374. The van der Waals surface area contributed by atoms with Crippen LogP contribution in [-0.2, 0) is 4.79 Å². The van der Waals surface area contributed by atoms with Crippen molar-refractivity contribution in [1.82, 2.24) is 4.98 Å². The Morgan fingerprint density at radius 1 is 1.73 bits per heavy atom. The molecule has 1 aromatic heterocycles. The van der Waals surface area contributed by atoms with Crippen LogP contribution in [0.5, 0.6) is 0 Å². The van der Waals surface area contributed by atoms with Crippen LogP contribution in [0.25, 0.3) is 0 Å². The van der Waals surface area contributed by atoms with Gasteiger partial charge in [-0.25, -0.2) is 4.98 Å². The third-order valence-electron chi connectivity index (χ3n) is 1.52. The van der Waals surface area contributed by atoms with Crippen molar-refractivity contribution in [3.8, 4) is 0 Å². The Bertz CT molecular complexity index is 376. The van der Waals surface area contributed by atoms with Crippen LogP contribution in [0.15, 0.2) is 9.72 Å². The van der Waals surface area contributed by atoms with Gasteiger partial charge in [0.05, 0.1) is 10.6 Å². The molecule has 0 aliphatic rings. The van der Waals surface area contributed by atoms with Crippen LogP contribution in [0.4, 0.5) is 0 Å². The van der Waals surface area contributed by atoms with Crippen molar-refractivity contribution in [3.05, 3.63) is 11.1 Å². The molecule has 0 bridgehead atoms. The van der Waals surface area contributed by atoms with Gasteiger partial charge in [-0.1, -0.05) is 11.8 Å². The number of hydrogen-bond acceptors (Lipinski definition) is 5. The first-order valence-electron chi connectivity index (χ1n) is 4.18. The molecule has 1 aromatic rings. The Labute approximate surface area is 101 Å². The zero-order valence-electron chi connectivity index (χ0n) is 8.32. The van der Waals surface area contributed by atoms with Gasteiger partial charge >= 0.3 is 0 Å². The number of thioether (sulfide) groups is 1. The van der Waals surface area contributed by atoms with Gasteiger partial charge in [0, 0.05) is 5.38 Å². The average molecular weight is 264 g/mol. The number of Topliss-reactive ketones (excluding diaryl/α,β-unsaturated/α-hetero) is 1. The number of aldehydes is 1. The van der Waals surface area contributed by atoms with Crippen LogP contribution in [0.1, 0.15) is 24.3 Å². The monoisotopic (exact) mass is 263 g/mol. The first-order valence-corrected chi connectivity index (χ1v) is 6.41. The number of halogens is 1. The zero-order valence-corrected chi connectivity index (χ0v) is 10.7. The van der Waals surface area contributed by atoms with Crippen molar-refractivity contribution >= 4 is 46.8 Å². The van der Waals surface area contributed by atoms with E-state index in [0.29, 0.717) is 10.0 Å². The maximum Gasteiger partial charge on any atom is 0.196 e. The fourth-order valence-corrected chi connectivity index (χ4v) is 3.06. The van der Waals surface area contributed by atoms with Gasteiger partial charge in [-0.15, -0.1) is 22.9 Å². The molecule has 0 saturated carbocycles. The summed E-state index contributed by atoms with van der Waals surface area (Å²) in [6.07, 6.45) is 0.863. The molecule has 0 fully saturated rings. The lowest BCUT2D eigenvalue weighted by atomic mass is 10.2. The first kappa shape index (κ1) is 12.7. The molecular weight excluding hydrogens is 254 g/mol. The van der Waals surface area contributed by atoms with Crippen molar-refractivity contribution in [1.29, 1.82) is 0 Å². The zero-order chi connectivity index (χ0) is 11.5. The fraction of sp³-hybridized carbons (Fsp3) is 0.444. The van der Waals surface area contributed by atoms with Crippen LogP contribution < -0.4 is 0 Å². The Morgan fingerprint density at radius 2 is 2.40 bits per heavy atom. The normalized spacial score (nSPS) is 11.4. The van der Waals surface area contributed by atoms with Crippen molar-refractivity contribution < 1.29 is 9.59 Å². The molecule has 3 nitrogen and oxygen atoms in total. The molecular formula is C9H10ClNO2S2. The van der Waals surface area contributed by atoms with E-state index < -0.39 is 4.75 Å². The SMILES string of the molecule is CC(C)(C=O)Sc1nc(C(=O)CCl)cs1. The molecule has 1 rings (SSSR count). The number of carbonyl (C=O) groups is 2. The summed E-state index contributed by atoms with van der Waals surface area (Å²) in [5, 5.41) is 1.66. The second-order valence-corrected chi connectivity index (χ2v) is 6.41. The third-order valence-corrected chi connectivity index (χ3v) is 3.83. The summed E-state index contributed by atoms with van der Waals surface area (Å²) in [6.45, 7) is 3.60. The third kappa shape index (κ3) is 3.59. The van der Waals surface area contributed by atoms with Crippen LogP contribution in [0, 0.1) is 0 Å². The Hall–Kier alpha value is -0.390. The highest BCUT2D eigenvalue weighted by molar-refractivity contribution is 8.02. The molecule has 0 atom stereocenters. The summed E-state index contributed by atoms with van der Waals surface area (Å²) in [4.78, 5) is 26.0. The molecule has 0 radical (unpaired) electrons. The average Bonchev–Trinajstić information content (AvgIpc) is 2.64. The van der Waals surface area contributed by atoms with E-state index in [4.69, 9.17) is 11.6 Å². The molecule has 15 heavy (non-hydrogen) atoms. The summed E-state index contributed by atoms with van der Waals surface area (Å²) < 4.78 is 0.194. The van der Waals surface area contributed by atoms with Crippen molar-refractivity contribution in [3.63, 3.8) is 0 Å². The second kappa shape index (κ2) is 5.09. The van der Waals surface area contributed by atoms with Crippen LogP contribution in [0.2, 0.25) is 0 Å². The standard InChI is InChI=1S/C9H10ClNO2S2/c1-9(2,5-12)15-8-11-6(4-14-8)7(13)3-10/h4-5H,3H2,1-2H3. The van der Waals surface area contributed by atoms with Crippen LogP contribution in [-0.4, -0.2) is 27.7 Å². The topological polar surface area (TPSA) is 47.0 Å². The highest BCUT2D eigenvalue weighted by Gasteiger charge is 2.21. The fourth-order valence-electron chi connectivity index (χ4n) is 0.750. The maximum absolute atomic E-state index is 11.2. The van der Waals surface area contributed by atoms with Gasteiger partial charge in [0.15, 0.2) is 10.1 Å². The highest BCUT2D eigenvalue weighted by Crippen LogP contribution is 2.33. The number of aromatic nitrogens is 1. The molecule has 0 spiro atoms. The Morgan fingerprint density at radius 3 is 2.93 bits per heavy atom. The van der Waals surface area contributed by atoms with Crippen molar-refractivity contribution in [2.45, 2.75) is 22.9 Å². The molecule has 0 aromatic carbocycles. The van der Waals surface area contributed by atoms with Gasteiger partial charge in [0.2, 0.25) is 0 Å². The van der Waals surface area contributed by atoms with E-state index in [0.717, 1.165) is 6.29 Å². The van der Waals surface area contributed by atoms with Gasteiger partial charge in [-0.05, 0) is 13.8 Å². The summed E-state index contributed by atoms with van der Waals surface area (Å²) >= 11 is 8.10. The number of rotatable bonds is 5. The number of carbonyl (C=O) groups excluding carboxylic acids is 2. The summed E-state index contributed by atoms with van der Waals surface area (Å²) in [5.74, 6) is -0.256. The molecule has 0 amide bonds. The molecule has 0 N–H and O–H groups in total. The number of thiazole rings is 1. The Balaban J connectivity index is 2.77. The minimum Gasteiger partial charge on any atom is -0.302 e. The summed E-state index contributed by atoms with van der Waals surface area (Å²) in [6, 6.07) is 0.